The van der Waals surface area contributed by atoms with Gasteiger partial charge in [0.15, 0.2) is 0 Å². The second kappa shape index (κ2) is 5.77. The molecule has 7 heteroatoms. The summed E-state index contributed by atoms with van der Waals surface area (Å²) in [4.78, 5) is 15.0. The topological polar surface area (TPSA) is 106 Å². The number of H-pyrrole nitrogens is 1. The zero-order chi connectivity index (χ0) is 17.6. The summed E-state index contributed by atoms with van der Waals surface area (Å²) in [5.74, 6) is 0.682. The highest BCUT2D eigenvalue weighted by molar-refractivity contribution is 7.91. The largest absolute Gasteiger partial charge is 0.464 e. The molecule has 0 atom stereocenters. The fourth-order valence-electron chi connectivity index (χ4n) is 3.57. The molecule has 2 aromatic heterocycles. The number of primary amides is 1. The van der Waals surface area contributed by atoms with Crippen molar-refractivity contribution in [3.63, 3.8) is 0 Å². The number of nitrogens with one attached hydrogen (secondary N) is 1. The van der Waals surface area contributed by atoms with E-state index in [0.717, 1.165) is 16.5 Å². The maximum absolute atomic E-state index is 11.9. The molecule has 1 aliphatic heterocycles. The lowest BCUT2D eigenvalue weighted by Gasteiger charge is -2.21. The predicted molar refractivity (Wildman–Crippen MR) is 95.1 cm³/mol. The summed E-state index contributed by atoms with van der Waals surface area (Å²) in [6.07, 6.45) is 4.62. The quantitative estimate of drug-likeness (QED) is 0.751. The maximum atomic E-state index is 11.9. The van der Waals surface area contributed by atoms with E-state index in [1.54, 1.807) is 18.4 Å². The van der Waals surface area contributed by atoms with Crippen molar-refractivity contribution in [3.8, 4) is 11.3 Å². The molecule has 6 nitrogen and oxygen atoms in total. The Morgan fingerprint density at radius 1 is 1.24 bits per heavy atom. The summed E-state index contributed by atoms with van der Waals surface area (Å²) in [6, 6.07) is 7.30. The van der Waals surface area contributed by atoms with E-state index in [1.165, 1.54) is 0 Å². The van der Waals surface area contributed by atoms with E-state index in [-0.39, 0.29) is 17.4 Å². The highest BCUT2D eigenvalue weighted by Crippen LogP contribution is 2.37. The molecule has 130 valence electrons. The molecule has 3 N–H and O–H groups in total. The van der Waals surface area contributed by atoms with Crippen LogP contribution in [-0.2, 0) is 9.84 Å². The van der Waals surface area contributed by atoms with Crippen LogP contribution in [-0.4, -0.2) is 30.8 Å². The molecule has 0 saturated carbocycles. The van der Waals surface area contributed by atoms with Crippen LogP contribution in [0.1, 0.15) is 34.7 Å². The molecule has 0 unspecified atom stereocenters. The average molecular weight is 358 g/mol. The van der Waals surface area contributed by atoms with Crippen molar-refractivity contribution in [3.05, 3.63) is 47.9 Å². The van der Waals surface area contributed by atoms with E-state index in [4.69, 9.17) is 10.2 Å². The summed E-state index contributed by atoms with van der Waals surface area (Å²) >= 11 is 0. The highest BCUT2D eigenvalue weighted by Gasteiger charge is 2.27. The van der Waals surface area contributed by atoms with Crippen molar-refractivity contribution in [1.82, 2.24) is 4.98 Å². The third kappa shape index (κ3) is 2.84. The number of furan rings is 1. The van der Waals surface area contributed by atoms with Gasteiger partial charge >= 0.3 is 0 Å². The van der Waals surface area contributed by atoms with E-state index >= 15 is 0 Å². The van der Waals surface area contributed by atoms with Crippen LogP contribution in [0.25, 0.3) is 22.2 Å². The van der Waals surface area contributed by atoms with Crippen molar-refractivity contribution in [2.75, 3.05) is 11.5 Å². The molecule has 0 bridgehead atoms. The Balaban J connectivity index is 1.85. The number of hydrogen-bond donors (Lipinski definition) is 2. The first-order valence-electron chi connectivity index (χ1n) is 8.14. The van der Waals surface area contributed by atoms with Crippen molar-refractivity contribution >= 4 is 26.6 Å². The molecule has 1 fully saturated rings. The Kier molecular flexibility index (Phi) is 3.68. The summed E-state index contributed by atoms with van der Waals surface area (Å²) in [5, 5.41) is 0.895. The Labute approximate surface area is 144 Å². The smallest absolute Gasteiger partial charge is 0.250 e. The monoisotopic (exact) mass is 358 g/mol. The maximum Gasteiger partial charge on any atom is 0.250 e. The number of nitrogens with two attached hydrogens (primary N) is 1. The lowest BCUT2D eigenvalue weighted by molar-refractivity contribution is 0.100. The van der Waals surface area contributed by atoms with Gasteiger partial charge in [-0.15, -0.1) is 0 Å². The SMILES string of the molecule is NC(=O)c1cc(-c2ccco2)cc2c(C3CCS(=O)(=O)CC3)c[nH]c12. The number of rotatable bonds is 3. The van der Waals surface area contributed by atoms with Crippen molar-refractivity contribution < 1.29 is 17.6 Å². The zero-order valence-electron chi connectivity index (χ0n) is 13.5. The lowest BCUT2D eigenvalue weighted by atomic mass is 9.91. The van der Waals surface area contributed by atoms with Crippen LogP contribution >= 0.6 is 0 Å². The number of sulfone groups is 1. The molecular weight excluding hydrogens is 340 g/mol. The van der Waals surface area contributed by atoms with Gasteiger partial charge in [0, 0.05) is 17.1 Å². The number of carbonyl (C=O) groups is 1. The highest BCUT2D eigenvalue weighted by atomic mass is 32.2. The number of amides is 1. The van der Waals surface area contributed by atoms with E-state index in [2.05, 4.69) is 4.98 Å². The fraction of sp³-hybridized carbons (Fsp3) is 0.278. The summed E-state index contributed by atoms with van der Waals surface area (Å²) in [6.45, 7) is 0. The van der Waals surface area contributed by atoms with Crippen molar-refractivity contribution in [2.45, 2.75) is 18.8 Å². The number of carbonyl (C=O) groups excluding carboxylic acids is 1. The number of benzene rings is 1. The van der Waals surface area contributed by atoms with Gasteiger partial charge in [0.2, 0.25) is 0 Å². The van der Waals surface area contributed by atoms with Crippen LogP contribution < -0.4 is 5.73 Å². The minimum Gasteiger partial charge on any atom is -0.464 e. The number of fused-ring (bicyclic) bond motifs is 1. The molecule has 0 aliphatic carbocycles. The summed E-state index contributed by atoms with van der Waals surface area (Å²) < 4.78 is 28.9. The van der Waals surface area contributed by atoms with Gasteiger partial charge in [-0.1, -0.05) is 0 Å². The average Bonchev–Trinajstić information content (AvgIpc) is 3.23. The Morgan fingerprint density at radius 3 is 2.64 bits per heavy atom. The first kappa shape index (κ1) is 16.0. The van der Waals surface area contributed by atoms with Crippen molar-refractivity contribution in [1.29, 1.82) is 0 Å². The zero-order valence-corrected chi connectivity index (χ0v) is 14.3. The third-order valence-corrected chi connectivity index (χ3v) is 6.60. The molecule has 3 aromatic rings. The summed E-state index contributed by atoms with van der Waals surface area (Å²) in [7, 11) is -2.92. The molecule has 1 aromatic carbocycles. The molecule has 3 heterocycles. The van der Waals surface area contributed by atoms with Gasteiger partial charge in [-0.3, -0.25) is 4.79 Å². The Bertz CT molecular complexity index is 1030. The van der Waals surface area contributed by atoms with Crippen molar-refractivity contribution in [2.24, 2.45) is 5.73 Å². The minimum atomic E-state index is -2.92. The first-order valence-corrected chi connectivity index (χ1v) is 9.96. The number of aromatic nitrogens is 1. The predicted octanol–water partition coefficient (Wildman–Crippen LogP) is 2.82. The molecule has 25 heavy (non-hydrogen) atoms. The van der Waals surface area contributed by atoms with Gasteiger partial charge in [0.05, 0.1) is 28.8 Å². The molecule has 0 radical (unpaired) electrons. The minimum absolute atomic E-state index is 0.143. The fourth-order valence-corrected chi connectivity index (χ4v) is 5.06. The van der Waals surface area contributed by atoms with Gasteiger partial charge in [-0.2, -0.15) is 0 Å². The molecule has 4 rings (SSSR count). The molecule has 1 saturated heterocycles. The number of hydrogen-bond acceptors (Lipinski definition) is 4. The van der Waals surface area contributed by atoms with Crippen LogP contribution in [0.4, 0.5) is 0 Å². The number of aromatic amines is 1. The van der Waals surface area contributed by atoms with Crippen LogP contribution in [0.5, 0.6) is 0 Å². The van der Waals surface area contributed by atoms with E-state index in [9.17, 15) is 13.2 Å². The second-order valence-electron chi connectivity index (χ2n) is 6.46. The summed E-state index contributed by atoms with van der Waals surface area (Å²) in [5.41, 5.74) is 8.45. The van der Waals surface area contributed by atoms with E-state index in [0.29, 0.717) is 29.7 Å². The molecule has 0 spiro atoms. The van der Waals surface area contributed by atoms with Gasteiger partial charge < -0.3 is 15.1 Å². The Morgan fingerprint density at radius 2 is 2.00 bits per heavy atom. The van der Waals surface area contributed by atoms with E-state index < -0.39 is 15.7 Å². The second-order valence-corrected chi connectivity index (χ2v) is 8.76. The van der Waals surface area contributed by atoms with Crippen LogP contribution in [0, 0.1) is 0 Å². The molecular formula is C18H18N2O4S. The van der Waals surface area contributed by atoms with E-state index in [1.807, 2.05) is 18.3 Å². The van der Waals surface area contributed by atoms with Crippen LogP contribution in [0.15, 0.2) is 41.1 Å². The standard InChI is InChI=1S/C18H18N2O4S/c19-18(21)14-9-12(16-2-1-5-24-16)8-13-15(10-20-17(13)14)11-3-6-25(22,23)7-4-11/h1-2,5,8-11,20H,3-4,6-7H2,(H2,19,21). The molecule has 1 amide bonds. The first-order chi connectivity index (χ1) is 11.9. The van der Waals surface area contributed by atoms with Gasteiger partial charge in [0.25, 0.3) is 5.91 Å². The third-order valence-electron chi connectivity index (χ3n) is 4.89. The molecule has 1 aliphatic rings. The Hall–Kier alpha value is -2.54. The van der Waals surface area contributed by atoms with Crippen LogP contribution in [0.3, 0.4) is 0 Å². The van der Waals surface area contributed by atoms with Gasteiger partial charge in [-0.05, 0) is 48.6 Å². The lowest BCUT2D eigenvalue weighted by Crippen LogP contribution is -2.22. The van der Waals surface area contributed by atoms with Gasteiger partial charge in [-0.25, -0.2) is 8.42 Å². The van der Waals surface area contributed by atoms with Gasteiger partial charge in [0.1, 0.15) is 15.6 Å². The normalized spacial score (nSPS) is 17.8. The van der Waals surface area contributed by atoms with Crippen LogP contribution in [0.2, 0.25) is 0 Å².